The molecule has 6 aromatic heterocycles. The Kier molecular flexibility index (Phi) is 11.6. The van der Waals surface area contributed by atoms with E-state index in [4.69, 9.17) is 10.8 Å². The molecule has 252 valence electrons. The Labute approximate surface area is 279 Å². The van der Waals surface area contributed by atoms with Crippen LogP contribution in [0.25, 0.3) is 23.0 Å². The molecule has 0 aliphatic rings. The molecule has 0 aliphatic carbocycles. The molecule has 6 heterocycles. The van der Waals surface area contributed by atoms with Gasteiger partial charge >= 0.3 is 5.97 Å². The van der Waals surface area contributed by atoms with Gasteiger partial charge in [0.25, 0.3) is 17.0 Å². The highest BCUT2D eigenvalue weighted by Gasteiger charge is 2.15. The molecule has 0 aliphatic heterocycles. The normalized spacial score (nSPS) is 10.5. The Morgan fingerprint density at radius 2 is 1.24 bits per heavy atom. The van der Waals surface area contributed by atoms with E-state index in [1.165, 1.54) is 30.6 Å². The van der Waals surface area contributed by atoms with Gasteiger partial charge in [0, 0.05) is 24.5 Å². The van der Waals surface area contributed by atoms with Gasteiger partial charge in [0.15, 0.2) is 11.6 Å². The third kappa shape index (κ3) is 9.16. The summed E-state index contributed by atoms with van der Waals surface area (Å²) in [5.41, 5.74) is 5.72. The molecule has 17 heteroatoms. The number of H-pyrrole nitrogens is 2. The Bertz CT molecular complexity index is 2150. The SMILES string of the molecule is CC(C)n1cnnc1-c1cccc(N)n1.CC(C)n1cnnc1-c1cccc(NC(=O)c2ccc[nH]c2=O)n1.O=C(O)c1ccc[nH]c1=O. The molecule has 0 unspecified atom stereocenters. The first-order chi connectivity index (χ1) is 23.5. The number of pyridine rings is 4. The number of nitrogens with zero attached hydrogens (tertiary/aromatic N) is 8. The zero-order valence-electron chi connectivity index (χ0n) is 27.0. The van der Waals surface area contributed by atoms with Gasteiger partial charge in [0.2, 0.25) is 0 Å². The third-order valence-corrected chi connectivity index (χ3v) is 6.59. The number of nitrogens with two attached hydrogens (primary N) is 1. The van der Waals surface area contributed by atoms with Crippen LogP contribution in [-0.2, 0) is 0 Å². The number of aromatic amines is 2. The van der Waals surface area contributed by atoms with Gasteiger partial charge in [-0.3, -0.25) is 14.4 Å². The van der Waals surface area contributed by atoms with Gasteiger partial charge < -0.3 is 35.3 Å². The fraction of sp³-hybridized carbons (Fsp3) is 0.188. The molecule has 0 saturated carbocycles. The lowest BCUT2D eigenvalue weighted by molar-refractivity contribution is 0.0694. The van der Waals surface area contributed by atoms with E-state index in [-0.39, 0.29) is 17.2 Å². The van der Waals surface area contributed by atoms with Crippen LogP contribution in [0.1, 0.15) is 60.5 Å². The van der Waals surface area contributed by atoms with Crippen LogP contribution < -0.4 is 22.2 Å². The number of carbonyl (C=O) groups is 2. The molecule has 6 N–H and O–H groups in total. The number of rotatable bonds is 7. The number of hydrogen-bond donors (Lipinski definition) is 5. The van der Waals surface area contributed by atoms with Crippen LogP contribution in [0.2, 0.25) is 0 Å². The number of nitrogen functional groups attached to an aromatic ring is 1. The second kappa shape index (κ2) is 16.2. The highest BCUT2D eigenvalue weighted by Crippen LogP contribution is 2.20. The fourth-order valence-corrected chi connectivity index (χ4v) is 4.19. The first-order valence-corrected chi connectivity index (χ1v) is 14.9. The first-order valence-electron chi connectivity index (χ1n) is 14.9. The van der Waals surface area contributed by atoms with Crippen LogP contribution >= 0.6 is 0 Å². The summed E-state index contributed by atoms with van der Waals surface area (Å²) in [6, 6.07) is 16.9. The monoisotopic (exact) mass is 666 g/mol. The van der Waals surface area contributed by atoms with E-state index >= 15 is 0 Å². The number of carbonyl (C=O) groups excluding carboxylic acids is 1. The van der Waals surface area contributed by atoms with Gasteiger partial charge in [-0.05, 0) is 76.2 Å². The number of nitrogens with one attached hydrogen (secondary N) is 3. The molecule has 0 bridgehead atoms. The summed E-state index contributed by atoms with van der Waals surface area (Å²) in [5.74, 6) is 0.453. The van der Waals surface area contributed by atoms with Crippen LogP contribution in [-0.4, -0.2) is 66.4 Å². The van der Waals surface area contributed by atoms with Crippen LogP contribution in [0, 0.1) is 0 Å². The van der Waals surface area contributed by atoms with Gasteiger partial charge in [-0.25, -0.2) is 14.8 Å². The summed E-state index contributed by atoms with van der Waals surface area (Å²) in [6.45, 7) is 8.17. The van der Waals surface area contributed by atoms with Crippen molar-refractivity contribution in [1.82, 2.24) is 49.5 Å². The van der Waals surface area contributed by atoms with Crippen molar-refractivity contribution in [1.29, 1.82) is 0 Å². The van der Waals surface area contributed by atoms with Gasteiger partial charge in [0.05, 0.1) is 0 Å². The molecular weight excluding hydrogens is 632 g/mol. The molecule has 49 heavy (non-hydrogen) atoms. The second-order valence-electron chi connectivity index (χ2n) is 10.8. The average Bonchev–Trinajstić information content (AvgIpc) is 3.77. The largest absolute Gasteiger partial charge is 0.477 e. The number of carboxylic acid groups (broad SMARTS) is 1. The van der Waals surface area contributed by atoms with Crippen molar-refractivity contribution in [3.05, 3.63) is 118 Å². The Morgan fingerprint density at radius 3 is 1.71 bits per heavy atom. The van der Waals surface area contributed by atoms with Crippen molar-refractivity contribution >= 4 is 23.5 Å². The van der Waals surface area contributed by atoms with E-state index in [1.54, 1.807) is 43.0 Å². The van der Waals surface area contributed by atoms with Crippen molar-refractivity contribution in [3.8, 4) is 23.0 Å². The number of aromatic carboxylic acids is 1. The van der Waals surface area contributed by atoms with Gasteiger partial charge in [-0.2, -0.15) is 0 Å². The Hall–Kier alpha value is -6.78. The van der Waals surface area contributed by atoms with Crippen LogP contribution in [0.3, 0.4) is 0 Å². The summed E-state index contributed by atoms with van der Waals surface area (Å²) in [4.78, 5) is 58.0. The minimum atomic E-state index is -1.21. The maximum absolute atomic E-state index is 12.2. The van der Waals surface area contributed by atoms with Gasteiger partial charge in [0.1, 0.15) is 46.8 Å². The number of aromatic nitrogens is 10. The minimum absolute atomic E-state index is 0.0232. The highest BCUT2D eigenvalue weighted by atomic mass is 16.4. The van der Waals surface area contributed by atoms with E-state index in [0.717, 1.165) is 11.5 Å². The highest BCUT2D eigenvalue weighted by molar-refractivity contribution is 6.03. The fourth-order valence-electron chi connectivity index (χ4n) is 4.19. The molecule has 6 aromatic rings. The van der Waals surface area contributed by atoms with E-state index < -0.39 is 23.0 Å². The number of carboxylic acids is 1. The molecule has 0 spiro atoms. The molecule has 0 radical (unpaired) electrons. The van der Waals surface area contributed by atoms with E-state index in [9.17, 15) is 19.2 Å². The number of amides is 1. The summed E-state index contributed by atoms with van der Waals surface area (Å²) < 4.78 is 3.84. The molecule has 0 saturated heterocycles. The van der Waals surface area contributed by atoms with Crippen LogP contribution in [0.4, 0.5) is 11.6 Å². The molecule has 17 nitrogen and oxygen atoms in total. The van der Waals surface area contributed by atoms with Crippen molar-refractivity contribution in [2.24, 2.45) is 0 Å². The lowest BCUT2D eigenvalue weighted by Gasteiger charge is -2.10. The van der Waals surface area contributed by atoms with E-state index in [1.807, 2.05) is 35.1 Å². The van der Waals surface area contributed by atoms with Crippen molar-refractivity contribution in [2.75, 3.05) is 11.1 Å². The van der Waals surface area contributed by atoms with E-state index in [0.29, 0.717) is 29.2 Å². The maximum atomic E-state index is 12.2. The number of anilines is 2. The maximum Gasteiger partial charge on any atom is 0.341 e. The second-order valence-corrected chi connectivity index (χ2v) is 10.8. The van der Waals surface area contributed by atoms with Crippen molar-refractivity contribution in [3.63, 3.8) is 0 Å². The third-order valence-electron chi connectivity index (χ3n) is 6.59. The average molecular weight is 667 g/mol. The molecular formula is C32H34N12O5. The zero-order chi connectivity index (χ0) is 35.5. The van der Waals surface area contributed by atoms with Crippen LogP contribution in [0.5, 0.6) is 0 Å². The topological polar surface area (TPSA) is 245 Å². The smallest absolute Gasteiger partial charge is 0.341 e. The predicted octanol–water partition coefficient (Wildman–Crippen LogP) is 3.44. The Balaban J connectivity index is 0.000000184. The molecule has 1 amide bonds. The van der Waals surface area contributed by atoms with Crippen molar-refractivity contribution < 1.29 is 14.7 Å². The van der Waals surface area contributed by atoms with E-state index in [2.05, 4.69) is 59.5 Å². The molecule has 0 aromatic carbocycles. The first kappa shape index (κ1) is 35.1. The summed E-state index contributed by atoms with van der Waals surface area (Å²) in [5, 5.41) is 26.9. The minimum Gasteiger partial charge on any atom is -0.477 e. The van der Waals surface area contributed by atoms with Gasteiger partial charge in [-0.15, -0.1) is 20.4 Å². The summed E-state index contributed by atoms with van der Waals surface area (Å²) in [6.07, 6.45) is 6.19. The molecule has 6 rings (SSSR count). The lowest BCUT2D eigenvalue weighted by Crippen LogP contribution is -2.22. The molecule has 0 atom stereocenters. The lowest BCUT2D eigenvalue weighted by atomic mass is 10.2. The van der Waals surface area contributed by atoms with Gasteiger partial charge in [-0.1, -0.05) is 12.1 Å². The predicted molar refractivity (Wildman–Crippen MR) is 181 cm³/mol. The standard InChI is InChI=1S/C16H16N6O2.C10H13N5.C6H5NO3/c1-10(2)22-9-18-21-14(22)12-6-3-7-13(19-12)20-16(24)11-5-4-8-17-15(11)23;1-7(2)15-6-12-14-10(15)8-4-3-5-9(11)13-8;8-5-4(6(9)10)2-1-3-7-5/h3-10H,1-2H3,(H,17,23)(H,19,20,24);3-7H,1-2H3,(H2,11,13);1-3H,(H,7,8)(H,9,10). The van der Waals surface area contributed by atoms with Crippen LogP contribution in [0.15, 0.2) is 95.3 Å². The molecule has 0 fully saturated rings. The summed E-state index contributed by atoms with van der Waals surface area (Å²) >= 11 is 0. The number of hydrogen-bond acceptors (Lipinski definition) is 11. The van der Waals surface area contributed by atoms with Crippen molar-refractivity contribution in [2.45, 2.75) is 39.8 Å². The Morgan fingerprint density at radius 1 is 0.735 bits per heavy atom. The zero-order valence-corrected chi connectivity index (χ0v) is 27.0. The summed E-state index contributed by atoms with van der Waals surface area (Å²) in [7, 11) is 0. The quantitative estimate of drug-likeness (QED) is 0.164.